The minimum Gasteiger partial charge on any atom is -0.480 e. The summed E-state index contributed by atoms with van der Waals surface area (Å²) in [6, 6.07) is 0.0821. The number of ether oxygens (including phenoxy) is 1. The van der Waals surface area contributed by atoms with Crippen LogP contribution >= 0.6 is 0 Å². The number of carboxylic acid groups (broad SMARTS) is 1. The molecule has 0 bridgehead atoms. The number of carboxylic acids is 1. The molecule has 2 N–H and O–H groups in total. The van der Waals surface area contributed by atoms with Gasteiger partial charge in [0.1, 0.15) is 0 Å². The van der Waals surface area contributed by atoms with E-state index in [1.807, 2.05) is 11.8 Å². The van der Waals surface area contributed by atoms with Crippen LogP contribution in [0.5, 0.6) is 0 Å². The molecule has 8 heteroatoms. The molecule has 2 rings (SSSR count). The number of carbonyl (C=O) groups is 1. The van der Waals surface area contributed by atoms with E-state index < -0.39 is 16.0 Å². The monoisotopic (exact) mass is 348 g/mol. The molecule has 2 aliphatic rings. The Morgan fingerprint density at radius 1 is 1.39 bits per heavy atom. The Bertz CT molecular complexity index is 496. The zero-order valence-electron chi connectivity index (χ0n) is 13.9. The highest BCUT2D eigenvalue weighted by Gasteiger charge is 2.38. The van der Waals surface area contributed by atoms with E-state index in [9.17, 15) is 13.2 Å². The van der Waals surface area contributed by atoms with Gasteiger partial charge in [0.15, 0.2) is 0 Å². The second-order valence-electron chi connectivity index (χ2n) is 6.75. The predicted octanol–water partition coefficient (Wildman–Crippen LogP) is 0.658. The fourth-order valence-corrected chi connectivity index (χ4v) is 4.69. The third-order valence-corrected chi connectivity index (χ3v) is 6.20. The number of aliphatic carboxylic acids is 1. The summed E-state index contributed by atoms with van der Waals surface area (Å²) in [6.07, 6.45) is 4.08. The first-order valence-electron chi connectivity index (χ1n) is 8.31. The Hall–Kier alpha value is -0.700. The van der Waals surface area contributed by atoms with Gasteiger partial charge in [0.05, 0.1) is 18.4 Å². The number of methoxy groups -OCH3 is 1. The van der Waals surface area contributed by atoms with Gasteiger partial charge in [-0.25, -0.2) is 13.1 Å². The summed E-state index contributed by atoms with van der Waals surface area (Å²) in [6.45, 7) is 2.75. The average molecular weight is 348 g/mol. The second-order valence-corrected chi connectivity index (χ2v) is 8.55. The highest BCUT2D eigenvalue weighted by atomic mass is 32.2. The molecular formula is C15H28N2O5S. The SMILES string of the molecule is CCC(CS(=O)(=O)NC1CC(N(CC(=O)O)CC2CC2)C1)OC. The molecule has 0 aromatic heterocycles. The van der Waals surface area contributed by atoms with E-state index in [1.165, 1.54) is 20.0 Å². The lowest BCUT2D eigenvalue weighted by Crippen LogP contribution is -2.55. The number of hydrogen-bond acceptors (Lipinski definition) is 5. The molecule has 1 unspecified atom stereocenters. The maximum absolute atomic E-state index is 12.1. The van der Waals surface area contributed by atoms with Gasteiger partial charge in [0.2, 0.25) is 10.0 Å². The van der Waals surface area contributed by atoms with Gasteiger partial charge in [-0.3, -0.25) is 9.69 Å². The van der Waals surface area contributed by atoms with E-state index >= 15 is 0 Å². The molecule has 23 heavy (non-hydrogen) atoms. The Morgan fingerprint density at radius 3 is 2.52 bits per heavy atom. The van der Waals surface area contributed by atoms with Crippen LogP contribution in [0.15, 0.2) is 0 Å². The second kappa shape index (κ2) is 7.92. The summed E-state index contributed by atoms with van der Waals surface area (Å²) in [5, 5.41) is 9.02. The summed E-state index contributed by atoms with van der Waals surface area (Å²) < 4.78 is 32.1. The van der Waals surface area contributed by atoms with E-state index in [1.54, 1.807) is 0 Å². The van der Waals surface area contributed by atoms with Gasteiger partial charge in [-0.05, 0) is 38.0 Å². The van der Waals surface area contributed by atoms with Crippen molar-refractivity contribution >= 4 is 16.0 Å². The van der Waals surface area contributed by atoms with Crippen molar-refractivity contribution < 1.29 is 23.1 Å². The molecule has 0 heterocycles. The first-order chi connectivity index (χ1) is 10.8. The Balaban J connectivity index is 1.78. The van der Waals surface area contributed by atoms with Crippen molar-refractivity contribution in [2.75, 3.05) is 26.0 Å². The number of sulfonamides is 1. The van der Waals surface area contributed by atoms with Crippen molar-refractivity contribution in [3.63, 3.8) is 0 Å². The van der Waals surface area contributed by atoms with Crippen molar-refractivity contribution in [1.82, 2.24) is 9.62 Å². The quantitative estimate of drug-likeness (QED) is 0.569. The lowest BCUT2D eigenvalue weighted by atomic mass is 9.86. The van der Waals surface area contributed by atoms with Gasteiger partial charge in [-0.2, -0.15) is 0 Å². The van der Waals surface area contributed by atoms with Gasteiger partial charge in [-0.1, -0.05) is 6.92 Å². The van der Waals surface area contributed by atoms with Crippen molar-refractivity contribution in [2.24, 2.45) is 5.92 Å². The summed E-state index contributed by atoms with van der Waals surface area (Å²) in [5.74, 6) is -0.222. The van der Waals surface area contributed by atoms with Crippen LogP contribution < -0.4 is 4.72 Å². The first-order valence-corrected chi connectivity index (χ1v) is 9.96. The van der Waals surface area contributed by atoms with Gasteiger partial charge in [0.25, 0.3) is 0 Å². The molecular weight excluding hydrogens is 320 g/mol. The summed E-state index contributed by atoms with van der Waals surface area (Å²) in [7, 11) is -1.84. The van der Waals surface area contributed by atoms with Crippen LogP contribution in [-0.2, 0) is 19.6 Å². The van der Waals surface area contributed by atoms with Crippen molar-refractivity contribution in [1.29, 1.82) is 0 Å². The Kier molecular flexibility index (Phi) is 6.41. The predicted molar refractivity (Wildman–Crippen MR) is 86.8 cm³/mol. The maximum atomic E-state index is 12.1. The van der Waals surface area contributed by atoms with Gasteiger partial charge in [0, 0.05) is 25.7 Å². The van der Waals surface area contributed by atoms with Gasteiger partial charge >= 0.3 is 5.97 Å². The van der Waals surface area contributed by atoms with Crippen LogP contribution in [0, 0.1) is 5.92 Å². The van der Waals surface area contributed by atoms with Gasteiger partial charge in [-0.15, -0.1) is 0 Å². The Morgan fingerprint density at radius 2 is 2.04 bits per heavy atom. The maximum Gasteiger partial charge on any atom is 0.317 e. The van der Waals surface area contributed by atoms with E-state index in [0.717, 1.165) is 6.54 Å². The molecule has 0 radical (unpaired) electrons. The van der Waals surface area contributed by atoms with Crippen LogP contribution in [0.3, 0.4) is 0 Å². The zero-order valence-corrected chi connectivity index (χ0v) is 14.7. The molecule has 2 aliphatic carbocycles. The van der Waals surface area contributed by atoms with Crippen molar-refractivity contribution in [3.05, 3.63) is 0 Å². The van der Waals surface area contributed by atoms with Crippen molar-refractivity contribution in [2.45, 2.75) is 57.2 Å². The normalized spacial score (nSPS) is 26.0. The molecule has 0 spiro atoms. The largest absolute Gasteiger partial charge is 0.480 e. The molecule has 2 fully saturated rings. The van der Waals surface area contributed by atoms with Crippen LogP contribution in [0.1, 0.15) is 39.0 Å². The minimum absolute atomic E-state index is 0.0257. The highest BCUT2D eigenvalue weighted by Crippen LogP contribution is 2.33. The lowest BCUT2D eigenvalue weighted by Gasteiger charge is -2.42. The average Bonchev–Trinajstić information content (AvgIpc) is 3.22. The van der Waals surface area contributed by atoms with Crippen LogP contribution in [0.2, 0.25) is 0 Å². The molecule has 0 amide bonds. The number of rotatable bonds is 11. The third-order valence-electron chi connectivity index (χ3n) is 4.70. The molecule has 2 saturated carbocycles. The molecule has 7 nitrogen and oxygen atoms in total. The highest BCUT2D eigenvalue weighted by molar-refractivity contribution is 7.89. The standard InChI is InChI=1S/C15H28N2O5S/c1-3-14(22-2)10-23(20,21)16-12-6-13(7-12)17(9-15(18)19)8-11-4-5-11/h11-14,16H,3-10H2,1-2H3,(H,18,19). The first kappa shape index (κ1) is 18.6. The summed E-state index contributed by atoms with van der Waals surface area (Å²) in [5.41, 5.74) is 0. The number of nitrogens with zero attached hydrogens (tertiary/aromatic N) is 1. The van der Waals surface area contributed by atoms with E-state index in [-0.39, 0.29) is 30.5 Å². The lowest BCUT2D eigenvalue weighted by molar-refractivity contribution is -0.139. The molecule has 134 valence electrons. The van der Waals surface area contributed by atoms with E-state index in [4.69, 9.17) is 9.84 Å². The van der Waals surface area contributed by atoms with Gasteiger partial charge < -0.3 is 9.84 Å². The topological polar surface area (TPSA) is 95.9 Å². The molecule has 0 aromatic carbocycles. The number of hydrogen-bond donors (Lipinski definition) is 2. The van der Waals surface area contributed by atoms with E-state index in [2.05, 4.69) is 4.72 Å². The minimum atomic E-state index is -3.36. The summed E-state index contributed by atoms with van der Waals surface area (Å²) in [4.78, 5) is 13.0. The van der Waals surface area contributed by atoms with Crippen LogP contribution in [-0.4, -0.2) is 68.5 Å². The zero-order chi connectivity index (χ0) is 17.0. The third kappa shape index (κ3) is 6.02. The fourth-order valence-electron chi connectivity index (χ4n) is 3.03. The molecule has 1 atom stereocenters. The Labute approximate surface area is 138 Å². The molecule has 0 saturated heterocycles. The van der Waals surface area contributed by atoms with Crippen LogP contribution in [0.25, 0.3) is 0 Å². The molecule has 0 aromatic rings. The fraction of sp³-hybridized carbons (Fsp3) is 0.933. The van der Waals surface area contributed by atoms with E-state index in [0.29, 0.717) is 25.2 Å². The van der Waals surface area contributed by atoms with Crippen molar-refractivity contribution in [3.8, 4) is 0 Å². The van der Waals surface area contributed by atoms with Crippen LogP contribution in [0.4, 0.5) is 0 Å². The summed E-state index contributed by atoms with van der Waals surface area (Å²) >= 11 is 0. The number of nitrogens with one attached hydrogen (secondary N) is 1. The smallest absolute Gasteiger partial charge is 0.317 e. The molecule has 0 aliphatic heterocycles.